The van der Waals surface area contributed by atoms with Gasteiger partial charge in [0.25, 0.3) is 5.91 Å². The number of benzene rings is 3. The zero-order valence-electron chi connectivity index (χ0n) is 22.4. The number of rotatable bonds is 6. The van der Waals surface area contributed by atoms with Gasteiger partial charge in [-0.1, -0.05) is 35.6 Å². The molecule has 0 radical (unpaired) electrons. The van der Waals surface area contributed by atoms with Crippen molar-refractivity contribution >= 4 is 42.6 Å². The number of hydrogen-bond donors (Lipinski definition) is 0. The minimum Gasteiger partial charge on any atom is -0.493 e. The van der Waals surface area contributed by atoms with Crippen LogP contribution in [0.2, 0.25) is 0 Å². The van der Waals surface area contributed by atoms with Gasteiger partial charge in [0, 0.05) is 44.8 Å². The monoisotopic (exact) mass is 578 g/mol. The van der Waals surface area contributed by atoms with E-state index in [4.69, 9.17) is 14.5 Å². The molecule has 0 saturated carbocycles. The average Bonchev–Trinajstić information content (AvgIpc) is 3.44. The Balaban J connectivity index is 1.11. The third kappa shape index (κ3) is 4.78. The van der Waals surface area contributed by atoms with E-state index in [1.54, 1.807) is 54.7 Å². The van der Waals surface area contributed by atoms with Gasteiger partial charge < -0.3 is 19.3 Å². The highest BCUT2D eigenvalue weighted by molar-refractivity contribution is 7.89. The first-order chi connectivity index (χ1) is 19.4. The van der Waals surface area contributed by atoms with Gasteiger partial charge in [-0.05, 0) is 53.9 Å². The van der Waals surface area contributed by atoms with Crippen molar-refractivity contribution in [2.45, 2.75) is 17.9 Å². The maximum Gasteiger partial charge on any atom is 0.253 e. The Labute approximate surface area is 237 Å². The van der Waals surface area contributed by atoms with E-state index in [1.165, 1.54) is 9.87 Å². The third-order valence-corrected chi connectivity index (χ3v) is 10.5. The van der Waals surface area contributed by atoms with Gasteiger partial charge in [0.1, 0.15) is 5.52 Å². The summed E-state index contributed by atoms with van der Waals surface area (Å²) < 4.78 is 40.0. The quantitative estimate of drug-likeness (QED) is 0.341. The predicted molar refractivity (Wildman–Crippen MR) is 155 cm³/mol. The number of fused-ring (bicyclic) bond motifs is 2. The first kappa shape index (κ1) is 26.5. The van der Waals surface area contributed by atoms with E-state index >= 15 is 0 Å². The van der Waals surface area contributed by atoms with Gasteiger partial charge in [-0.3, -0.25) is 4.79 Å². The Morgan fingerprint density at radius 2 is 1.60 bits per heavy atom. The highest BCUT2D eigenvalue weighted by Gasteiger charge is 2.29. The Kier molecular flexibility index (Phi) is 7.11. The lowest BCUT2D eigenvalue weighted by Crippen LogP contribution is -2.48. The number of carbonyl (C=O) groups is 1. The van der Waals surface area contributed by atoms with Gasteiger partial charge in [0.05, 0.1) is 23.8 Å². The number of carbonyl (C=O) groups excluding carboxylic acids is 1. The highest BCUT2D eigenvalue weighted by atomic mass is 32.2. The van der Waals surface area contributed by atoms with Crippen molar-refractivity contribution in [3.05, 3.63) is 77.4 Å². The van der Waals surface area contributed by atoms with Crippen molar-refractivity contribution in [2.75, 3.05) is 51.8 Å². The van der Waals surface area contributed by atoms with Crippen molar-refractivity contribution < 1.29 is 22.7 Å². The molecule has 1 amide bonds. The SMILES string of the molecule is COc1ccc2sc(N3CCN(C(=O)c4ccc(S(=O)(=O)N5CCc6ccccc6C5)cc4)CC3)nc2c1OC. The van der Waals surface area contributed by atoms with Crippen LogP contribution in [0.1, 0.15) is 21.5 Å². The van der Waals surface area contributed by atoms with Crippen molar-refractivity contribution in [2.24, 2.45) is 0 Å². The van der Waals surface area contributed by atoms with E-state index in [0.29, 0.717) is 62.8 Å². The van der Waals surface area contributed by atoms with Crippen LogP contribution in [-0.2, 0) is 23.0 Å². The molecule has 208 valence electrons. The molecule has 4 aromatic rings. The number of methoxy groups -OCH3 is 2. The molecule has 3 aromatic carbocycles. The molecule has 2 aliphatic heterocycles. The molecule has 11 heteroatoms. The number of sulfonamides is 1. The van der Waals surface area contributed by atoms with Gasteiger partial charge in [-0.25, -0.2) is 13.4 Å². The summed E-state index contributed by atoms with van der Waals surface area (Å²) >= 11 is 1.59. The van der Waals surface area contributed by atoms with E-state index in [1.807, 2.05) is 36.4 Å². The summed E-state index contributed by atoms with van der Waals surface area (Å²) in [5, 5.41) is 0.878. The standard InChI is InChI=1S/C29H30N4O5S2/c1-37-24-11-12-25-26(27(24)38-2)30-29(39-25)32-17-15-31(16-18-32)28(34)21-7-9-23(10-8-21)40(35,36)33-14-13-20-5-3-4-6-22(20)19-33/h3-12H,13-19H2,1-2H3. The second-order valence-corrected chi connectivity index (χ2v) is 12.8. The van der Waals surface area contributed by atoms with E-state index < -0.39 is 10.0 Å². The number of hydrogen-bond acceptors (Lipinski definition) is 8. The van der Waals surface area contributed by atoms with Crippen molar-refractivity contribution in [1.29, 1.82) is 0 Å². The lowest BCUT2D eigenvalue weighted by atomic mass is 10.0. The zero-order valence-corrected chi connectivity index (χ0v) is 24.0. The van der Waals surface area contributed by atoms with Crippen LogP contribution in [0.25, 0.3) is 10.2 Å². The average molecular weight is 579 g/mol. The smallest absolute Gasteiger partial charge is 0.253 e. The maximum absolute atomic E-state index is 13.3. The fourth-order valence-electron chi connectivity index (χ4n) is 5.31. The Morgan fingerprint density at radius 3 is 2.30 bits per heavy atom. The fourth-order valence-corrected chi connectivity index (χ4v) is 7.75. The molecule has 0 bridgehead atoms. The van der Waals surface area contributed by atoms with Crippen molar-refractivity contribution in [3.8, 4) is 11.5 Å². The number of nitrogens with zero attached hydrogens (tertiary/aromatic N) is 4. The summed E-state index contributed by atoms with van der Waals surface area (Å²) in [6, 6.07) is 18.1. The van der Waals surface area contributed by atoms with E-state index in [2.05, 4.69) is 4.90 Å². The first-order valence-corrected chi connectivity index (χ1v) is 15.4. The van der Waals surface area contributed by atoms with Crippen molar-refractivity contribution in [3.63, 3.8) is 0 Å². The van der Waals surface area contributed by atoms with Crippen LogP contribution in [0.3, 0.4) is 0 Å². The minimum absolute atomic E-state index is 0.105. The molecular weight excluding hydrogens is 548 g/mol. The normalized spacial score (nSPS) is 16.1. The summed E-state index contributed by atoms with van der Waals surface area (Å²) in [7, 11) is -0.440. The number of amides is 1. The van der Waals surface area contributed by atoms with Crippen molar-refractivity contribution in [1.82, 2.24) is 14.2 Å². The Morgan fingerprint density at radius 1 is 0.875 bits per heavy atom. The highest BCUT2D eigenvalue weighted by Crippen LogP contribution is 2.40. The Hall–Kier alpha value is -3.67. The van der Waals surface area contributed by atoms with Crippen LogP contribution in [0.15, 0.2) is 65.6 Å². The molecule has 0 spiro atoms. The molecule has 0 unspecified atom stereocenters. The molecule has 0 N–H and O–H groups in total. The lowest BCUT2D eigenvalue weighted by Gasteiger charge is -2.34. The van der Waals surface area contributed by atoms with Crippen LogP contribution >= 0.6 is 11.3 Å². The Bertz CT molecular complexity index is 1660. The summed E-state index contributed by atoms with van der Waals surface area (Å²) in [4.78, 5) is 22.2. The topological polar surface area (TPSA) is 92.3 Å². The second kappa shape index (κ2) is 10.7. The number of piperazine rings is 1. The summed E-state index contributed by atoms with van der Waals surface area (Å²) in [5.41, 5.74) is 3.48. The summed E-state index contributed by atoms with van der Waals surface area (Å²) in [5.74, 6) is 1.15. The molecule has 9 nitrogen and oxygen atoms in total. The number of anilines is 1. The van der Waals surface area contributed by atoms with Crippen LogP contribution < -0.4 is 14.4 Å². The molecule has 0 aliphatic carbocycles. The molecule has 6 rings (SSSR count). The number of aromatic nitrogens is 1. The maximum atomic E-state index is 13.3. The molecule has 1 aromatic heterocycles. The van der Waals surface area contributed by atoms with Gasteiger partial charge in [-0.2, -0.15) is 4.31 Å². The van der Waals surface area contributed by atoms with Crippen LogP contribution in [0.4, 0.5) is 5.13 Å². The molecule has 2 aliphatic rings. The minimum atomic E-state index is -3.65. The number of ether oxygens (including phenoxy) is 2. The van der Waals surface area contributed by atoms with E-state index in [-0.39, 0.29) is 10.8 Å². The predicted octanol–water partition coefficient (Wildman–Crippen LogP) is 4.02. The zero-order chi connectivity index (χ0) is 27.9. The van der Waals surface area contributed by atoms with E-state index in [9.17, 15) is 13.2 Å². The van der Waals surface area contributed by atoms with Gasteiger partial charge in [0.15, 0.2) is 16.6 Å². The third-order valence-electron chi connectivity index (χ3n) is 7.56. The second-order valence-electron chi connectivity index (χ2n) is 9.81. The van der Waals surface area contributed by atoms with E-state index in [0.717, 1.165) is 20.9 Å². The van der Waals surface area contributed by atoms with Gasteiger partial charge >= 0.3 is 0 Å². The largest absolute Gasteiger partial charge is 0.493 e. The summed E-state index contributed by atoms with van der Waals surface area (Å²) in [6.45, 7) is 3.18. The van der Waals surface area contributed by atoms with Gasteiger partial charge in [0.2, 0.25) is 10.0 Å². The van der Waals surface area contributed by atoms with Crippen LogP contribution in [-0.4, -0.2) is 75.5 Å². The fraction of sp³-hybridized carbons (Fsp3) is 0.310. The molecule has 40 heavy (non-hydrogen) atoms. The first-order valence-electron chi connectivity index (χ1n) is 13.1. The summed E-state index contributed by atoms with van der Waals surface area (Å²) in [6.07, 6.45) is 0.691. The molecule has 1 fully saturated rings. The molecular formula is C29H30N4O5S2. The van der Waals surface area contributed by atoms with Crippen LogP contribution in [0, 0.1) is 0 Å². The molecule has 1 saturated heterocycles. The lowest BCUT2D eigenvalue weighted by molar-refractivity contribution is 0.0746. The van der Waals surface area contributed by atoms with Crippen LogP contribution in [0.5, 0.6) is 11.5 Å². The molecule has 3 heterocycles. The van der Waals surface area contributed by atoms with Gasteiger partial charge in [-0.15, -0.1) is 0 Å². The molecule has 0 atom stereocenters. The number of thiazole rings is 1.